The Labute approximate surface area is 160 Å². The van der Waals surface area contributed by atoms with Crippen LogP contribution in [-0.4, -0.2) is 70.8 Å². The van der Waals surface area contributed by atoms with E-state index in [1.54, 1.807) is 22.2 Å². The third-order valence-corrected chi connectivity index (χ3v) is 5.58. The first-order valence-electron chi connectivity index (χ1n) is 9.54. The predicted molar refractivity (Wildman–Crippen MR) is 104 cm³/mol. The quantitative estimate of drug-likeness (QED) is 0.886. The van der Waals surface area contributed by atoms with E-state index in [1.165, 1.54) is 0 Å². The van der Waals surface area contributed by atoms with E-state index in [0.717, 1.165) is 24.0 Å². The molecule has 27 heavy (non-hydrogen) atoms. The van der Waals surface area contributed by atoms with Gasteiger partial charge in [0.1, 0.15) is 5.75 Å². The first kappa shape index (κ1) is 19.2. The predicted octanol–water partition coefficient (Wildman–Crippen LogP) is 2.54. The van der Waals surface area contributed by atoms with Gasteiger partial charge in [0.2, 0.25) is 5.91 Å². The summed E-state index contributed by atoms with van der Waals surface area (Å²) in [6.07, 6.45) is 3.75. The van der Waals surface area contributed by atoms with E-state index >= 15 is 0 Å². The number of aryl methyl sites for hydroxylation is 1. The van der Waals surface area contributed by atoms with Gasteiger partial charge in [0.15, 0.2) is 0 Å². The summed E-state index contributed by atoms with van der Waals surface area (Å²) in [6.45, 7) is 5.64. The zero-order valence-corrected chi connectivity index (χ0v) is 16.3. The summed E-state index contributed by atoms with van der Waals surface area (Å²) in [5, 5.41) is 9.68. The number of amides is 3. The second-order valence-corrected chi connectivity index (χ2v) is 7.34. The topological polar surface area (TPSA) is 76.5 Å². The van der Waals surface area contributed by atoms with E-state index in [2.05, 4.69) is 4.99 Å². The van der Waals surface area contributed by atoms with Crippen LogP contribution in [0, 0.1) is 6.92 Å². The molecule has 1 fully saturated rings. The van der Waals surface area contributed by atoms with Gasteiger partial charge in [0.25, 0.3) is 0 Å². The number of benzene rings is 1. The second kappa shape index (κ2) is 7.98. The number of phenols is 1. The van der Waals surface area contributed by atoms with Crippen LogP contribution >= 0.6 is 0 Å². The molecule has 2 heterocycles. The van der Waals surface area contributed by atoms with Gasteiger partial charge in [-0.15, -0.1) is 0 Å². The summed E-state index contributed by atoms with van der Waals surface area (Å²) in [4.78, 5) is 34.4. The number of piperidine rings is 1. The summed E-state index contributed by atoms with van der Waals surface area (Å²) < 4.78 is 0. The number of hydrogen-bond donors (Lipinski definition) is 1. The van der Waals surface area contributed by atoms with Crippen LogP contribution in [0.1, 0.15) is 43.4 Å². The number of urea groups is 1. The molecule has 1 atom stereocenters. The van der Waals surface area contributed by atoms with Crippen molar-refractivity contribution in [3.05, 3.63) is 29.3 Å². The van der Waals surface area contributed by atoms with Crippen LogP contribution in [-0.2, 0) is 4.79 Å². The highest BCUT2D eigenvalue weighted by molar-refractivity contribution is 5.87. The fourth-order valence-electron chi connectivity index (χ4n) is 3.73. The molecule has 0 aromatic heterocycles. The number of aromatic hydroxyl groups is 1. The lowest BCUT2D eigenvalue weighted by Crippen LogP contribution is -2.50. The van der Waals surface area contributed by atoms with Gasteiger partial charge in [-0.25, -0.2) is 4.79 Å². The molecule has 1 N–H and O–H groups in total. The van der Waals surface area contributed by atoms with E-state index < -0.39 is 0 Å². The van der Waals surface area contributed by atoms with E-state index in [9.17, 15) is 14.7 Å². The van der Waals surface area contributed by atoms with Crippen molar-refractivity contribution >= 4 is 18.3 Å². The number of phenolic OH excluding ortho intramolecular Hbond substituents is 1. The Kier molecular flexibility index (Phi) is 5.68. The minimum absolute atomic E-state index is 0.0583. The first-order chi connectivity index (χ1) is 12.9. The smallest absolute Gasteiger partial charge is 0.325 e. The van der Waals surface area contributed by atoms with Gasteiger partial charge in [-0.2, -0.15) is 0 Å². The molecule has 3 rings (SSSR count). The molecule has 0 spiro atoms. The van der Waals surface area contributed by atoms with Crippen LogP contribution in [0.4, 0.5) is 4.79 Å². The molecule has 1 aromatic rings. The van der Waals surface area contributed by atoms with E-state index in [-0.39, 0.29) is 29.8 Å². The maximum absolute atomic E-state index is 12.9. The molecule has 0 aliphatic carbocycles. The lowest BCUT2D eigenvalue weighted by Gasteiger charge is -2.37. The van der Waals surface area contributed by atoms with Crippen LogP contribution < -0.4 is 0 Å². The Bertz CT molecular complexity index is 741. The molecule has 0 bridgehead atoms. The van der Waals surface area contributed by atoms with Crippen molar-refractivity contribution in [2.24, 2.45) is 4.99 Å². The summed E-state index contributed by atoms with van der Waals surface area (Å²) in [6, 6.07) is 5.41. The minimum atomic E-state index is -0.106. The first-order valence-corrected chi connectivity index (χ1v) is 9.54. The molecule has 7 nitrogen and oxygen atoms in total. The number of carbonyl (C=O) groups excluding carboxylic acids is 2. The summed E-state index contributed by atoms with van der Waals surface area (Å²) in [5.74, 6) is 0.447. The van der Waals surface area contributed by atoms with Gasteiger partial charge >= 0.3 is 6.03 Å². The van der Waals surface area contributed by atoms with Gasteiger partial charge in [-0.1, -0.05) is 19.1 Å². The van der Waals surface area contributed by atoms with Gasteiger partial charge in [-0.05, 0) is 37.0 Å². The van der Waals surface area contributed by atoms with E-state index in [4.69, 9.17) is 0 Å². The Morgan fingerprint density at radius 3 is 2.63 bits per heavy atom. The highest BCUT2D eigenvalue weighted by atomic mass is 16.3. The zero-order chi connectivity index (χ0) is 19.6. The molecule has 146 valence electrons. The Balaban J connectivity index is 1.56. The lowest BCUT2D eigenvalue weighted by molar-refractivity contribution is -0.132. The Morgan fingerprint density at radius 1 is 1.30 bits per heavy atom. The summed E-state index contributed by atoms with van der Waals surface area (Å²) in [7, 11) is 1.83. The lowest BCUT2D eigenvalue weighted by atomic mass is 10.0. The van der Waals surface area contributed by atoms with Crippen LogP contribution in [0.3, 0.4) is 0 Å². The van der Waals surface area contributed by atoms with Crippen molar-refractivity contribution in [3.8, 4) is 5.75 Å². The molecule has 7 heteroatoms. The molecular formula is C20H28N4O3. The number of hydrogen-bond acceptors (Lipinski definition) is 4. The van der Waals surface area contributed by atoms with Crippen LogP contribution in [0.25, 0.3) is 0 Å². The van der Waals surface area contributed by atoms with E-state index in [1.807, 2.05) is 37.9 Å². The van der Waals surface area contributed by atoms with Gasteiger partial charge < -0.3 is 14.9 Å². The maximum Gasteiger partial charge on any atom is 0.325 e. The highest BCUT2D eigenvalue weighted by Gasteiger charge is 2.31. The molecule has 3 amide bonds. The van der Waals surface area contributed by atoms with Crippen LogP contribution in [0.2, 0.25) is 0 Å². The van der Waals surface area contributed by atoms with Gasteiger partial charge in [0, 0.05) is 32.6 Å². The van der Waals surface area contributed by atoms with Crippen molar-refractivity contribution in [2.45, 2.75) is 45.2 Å². The number of aliphatic imine (C=N–C) groups is 1. The highest BCUT2D eigenvalue weighted by Crippen LogP contribution is 2.27. The van der Waals surface area contributed by atoms with Crippen molar-refractivity contribution in [1.82, 2.24) is 14.7 Å². The minimum Gasteiger partial charge on any atom is -0.508 e. The maximum atomic E-state index is 12.9. The SMILES string of the molecule is CCC(=O)N1CCC(N(C)C(=O)N2C=NC(c3ccc(O)c(C)c3)C2)CC1. The molecule has 0 saturated carbocycles. The summed E-state index contributed by atoms with van der Waals surface area (Å²) in [5.41, 5.74) is 1.80. The van der Waals surface area contributed by atoms with Crippen LogP contribution in [0.15, 0.2) is 23.2 Å². The average molecular weight is 372 g/mol. The normalized spacial score (nSPS) is 20.2. The van der Waals surface area contributed by atoms with E-state index in [0.29, 0.717) is 26.1 Å². The molecule has 0 radical (unpaired) electrons. The fraction of sp³-hybridized carbons (Fsp3) is 0.550. The molecule has 2 aliphatic rings. The third-order valence-electron chi connectivity index (χ3n) is 5.58. The molecular weight excluding hydrogens is 344 g/mol. The van der Waals surface area contributed by atoms with Crippen LogP contribution in [0.5, 0.6) is 5.75 Å². The van der Waals surface area contributed by atoms with Gasteiger partial charge in [-0.3, -0.25) is 14.7 Å². The van der Waals surface area contributed by atoms with Crippen molar-refractivity contribution in [1.29, 1.82) is 0 Å². The largest absolute Gasteiger partial charge is 0.508 e. The van der Waals surface area contributed by atoms with Crippen molar-refractivity contribution in [3.63, 3.8) is 0 Å². The Morgan fingerprint density at radius 2 is 2.00 bits per heavy atom. The zero-order valence-electron chi connectivity index (χ0n) is 16.3. The van der Waals surface area contributed by atoms with Crippen molar-refractivity contribution in [2.75, 3.05) is 26.7 Å². The average Bonchev–Trinajstić information content (AvgIpc) is 3.18. The number of carbonyl (C=O) groups is 2. The van der Waals surface area contributed by atoms with Crippen molar-refractivity contribution < 1.29 is 14.7 Å². The molecule has 1 saturated heterocycles. The number of likely N-dealkylation sites (tertiary alicyclic amines) is 1. The molecule has 1 unspecified atom stereocenters. The second-order valence-electron chi connectivity index (χ2n) is 7.34. The Hall–Kier alpha value is -2.57. The monoisotopic (exact) mass is 372 g/mol. The summed E-state index contributed by atoms with van der Waals surface area (Å²) >= 11 is 0. The molecule has 1 aromatic carbocycles. The fourth-order valence-corrected chi connectivity index (χ4v) is 3.73. The standard InChI is InChI=1S/C20H28N4O3/c1-4-19(26)23-9-7-16(8-10-23)22(3)20(27)24-12-17(21-13-24)15-5-6-18(25)14(2)11-15/h5-6,11,13,16-17,25H,4,7-10,12H2,1-3H3. The number of rotatable bonds is 3. The van der Waals surface area contributed by atoms with Gasteiger partial charge in [0.05, 0.1) is 18.9 Å². The third kappa shape index (κ3) is 4.07. The number of nitrogens with zero attached hydrogens (tertiary/aromatic N) is 4. The molecule has 2 aliphatic heterocycles.